The predicted molar refractivity (Wildman–Crippen MR) is 79.9 cm³/mol. The zero-order valence-electron chi connectivity index (χ0n) is 11.9. The largest absolute Gasteiger partial charge is 0.407 e. The lowest BCUT2D eigenvalue weighted by Gasteiger charge is -2.23. The van der Waals surface area contributed by atoms with Crippen molar-refractivity contribution >= 4 is 17.6 Å². The highest BCUT2D eigenvalue weighted by Crippen LogP contribution is 2.25. The summed E-state index contributed by atoms with van der Waals surface area (Å²) in [5, 5.41) is 12.0. The van der Waals surface area contributed by atoms with Crippen LogP contribution in [0.4, 0.5) is 6.01 Å². The molecule has 2 rings (SSSR count). The van der Waals surface area contributed by atoms with E-state index >= 15 is 0 Å². The first kappa shape index (κ1) is 14.8. The molecule has 5 nitrogen and oxygen atoms in total. The van der Waals surface area contributed by atoms with Crippen LogP contribution in [0.3, 0.4) is 0 Å². The molecule has 0 aliphatic carbocycles. The van der Waals surface area contributed by atoms with Crippen molar-refractivity contribution in [3.8, 4) is 0 Å². The molecule has 0 spiro atoms. The van der Waals surface area contributed by atoms with Gasteiger partial charge in [0.25, 0.3) is 0 Å². The van der Waals surface area contributed by atoms with E-state index in [4.69, 9.17) is 16.0 Å². The molecule has 1 aromatic carbocycles. The van der Waals surface area contributed by atoms with Gasteiger partial charge in [-0.15, -0.1) is 5.10 Å². The molecule has 0 saturated carbocycles. The lowest BCUT2D eigenvalue weighted by atomic mass is 10.1. The van der Waals surface area contributed by atoms with Gasteiger partial charge in [-0.05, 0) is 31.2 Å². The molecule has 0 saturated heterocycles. The van der Waals surface area contributed by atoms with Gasteiger partial charge in [0.15, 0.2) is 0 Å². The van der Waals surface area contributed by atoms with Gasteiger partial charge >= 0.3 is 6.01 Å². The van der Waals surface area contributed by atoms with Crippen LogP contribution in [0.25, 0.3) is 0 Å². The number of aromatic nitrogens is 2. The summed E-state index contributed by atoms with van der Waals surface area (Å²) in [5.74, 6) is 0.590. The Morgan fingerprint density at radius 1 is 1.40 bits per heavy atom. The Morgan fingerprint density at radius 2 is 2.20 bits per heavy atom. The second-order valence-corrected chi connectivity index (χ2v) is 5.04. The quantitative estimate of drug-likeness (QED) is 0.887. The molecule has 20 heavy (non-hydrogen) atoms. The number of nitrogens with zero attached hydrogens (tertiary/aromatic N) is 3. The van der Waals surface area contributed by atoms with Crippen molar-refractivity contribution in [3.05, 3.63) is 40.7 Å². The van der Waals surface area contributed by atoms with Gasteiger partial charge in [-0.1, -0.05) is 35.8 Å². The first-order valence-corrected chi connectivity index (χ1v) is 7.01. The molecule has 1 heterocycles. The number of anilines is 1. The van der Waals surface area contributed by atoms with E-state index in [1.807, 2.05) is 43.1 Å². The van der Waals surface area contributed by atoms with Gasteiger partial charge in [0.05, 0.1) is 12.6 Å². The third kappa shape index (κ3) is 3.49. The van der Waals surface area contributed by atoms with E-state index in [1.54, 1.807) is 0 Å². The zero-order valence-corrected chi connectivity index (χ0v) is 12.7. The smallest absolute Gasteiger partial charge is 0.318 e. The van der Waals surface area contributed by atoms with Gasteiger partial charge in [0, 0.05) is 12.1 Å². The third-order valence-electron chi connectivity index (χ3n) is 3.20. The van der Waals surface area contributed by atoms with Gasteiger partial charge in [0.1, 0.15) is 0 Å². The highest BCUT2D eigenvalue weighted by molar-refractivity contribution is 6.30. The Balaban J connectivity index is 2.10. The maximum Gasteiger partial charge on any atom is 0.318 e. The van der Waals surface area contributed by atoms with Gasteiger partial charge in [-0.2, -0.15) is 0 Å². The minimum atomic E-state index is 0.0983. The molecule has 0 radical (unpaired) electrons. The van der Waals surface area contributed by atoms with Crippen molar-refractivity contribution in [1.29, 1.82) is 0 Å². The summed E-state index contributed by atoms with van der Waals surface area (Å²) in [6, 6.07) is 8.37. The van der Waals surface area contributed by atoms with Crippen LogP contribution in [-0.4, -0.2) is 23.8 Å². The first-order valence-electron chi connectivity index (χ1n) is 6.63. The molecule has 0 aliphatic rings. The Labute approximate surface area is 123 Å². The molecular weight excluding hydrogens is 276 g/mol. The van der Waals surface area contributed by atoms with Crippen molar-refractivity contribution in [2.75, 3.05) is 18.5 Å². The fraction of sp³-hybridized carbons (Fsp3) is 0.429. The van der Waals surface area contributed by atoms with E-state index < -0.39 is 0 Å². The number of hydrogen-bond donors (Lipinski definition) is 1. The summed E-state index contributed by atoms with van der Waals surface area (Å²) in [6.07, 6.45) is 0. The maximum absolute atomic E-state index is 6.02. The van der Waals surface area contributed by atoms with E-state index in [0.717, 1.165) is 17.1 Å². The van der Waals surface area contributed by atoms with Gasteiger partial charge in [-0.3, -0.25) is 0 Å². The van der Waals surface area contributed by atoms with Crippen molar-refractivity contribution in [2.24, 2.45) is 0 Å². The average molecular weight is 295 g/mol. The van der Waals surface area contributed by atoms with Crippen molar-refractivity contribution in [3.63, 3.8) is 0 Å². The second-order valence-electron chi connectivity index (χ2n) is 4.60. The standard InChI is InChI=1S/C14H19ClN4O/c1-4-16-9-13-17-18-14(20-13)19(3)10(2)11-6-5-7-12(15)8-11/h5-8,10,16H,4,9H2,1-3H3. The number of rotatable bonds is 6. The number of hydrogen-bond acceptors (Lipinski definition) is 5. The summed E-state index contributed by atoms with van der Waals surface area (Å²) in [4.78, 5) is 1.94. The molecule has 0 bridgehead atoms. The Kier molecular flexibility index (Phi) is 4.98. The van der Waals surface area contributed by atoms with Crippen molar-refractivity contribution in [2.45, 2.75) is 26.4 Å². The number of benzene rings is 1. The van der Waals surface area contributed by atoms with Crippen LogP contribution >= 0.6 is 11.6 Å². The summed E-state index contributed by atoms with van der Waals surface area (Å²) in [7, 11) is 1.93. The first-order chi connectivity index (χ1) is 9.61. The van der Waals surface area contributed by atoms with Crippen LogP contribution in [-0.2, 0) is 6.54 Å². The molecular formula is C14H19ClN4O. The third-order valence-corrected chi connectivity index (χ3v) is 3.43. The fourth-order valence-electron chi connectivity index (χ4n) is 1.85. The highest BCUT2D eigenvalue weighted by atomic mass is 35.5. The van der Waals surface area contributed by atoms with Gasteiger partial charge in [0.2, 0.25) is 5.89 Å². The zero-order chi connectivity index (χ0) is 14.5. The van der Waals surface area contributed by atoms with E-state index in [9.17, 15) is 0 Å². The summed E-state index contributed by atoms with van der Waals surface area (Å²) >= 11 is 6.02. The van der Waals surface area contributed by atoms with Gasteiger partial charge < -0.3 is 14.6 Å². The molecule has 1 N–H and O–H groups in total. The summed E-state index contributed by atoms with van der Waals surface area (Å²) in [5.41, 5.74) is 1.10. The lowest BCUT2D eigenvalue weighted by Crippen LogP contribution is -2.21. The monoisotopic (exact) mass is 294 g/mol. The van der Waals surface area contributed by atoms with E-state index in [0.29, 0.717) is 18.5 Å². The molecule has 1 unspecified atom stereocenters. The summed E-state index contributed by atoms with van der Waals surface area (Å²) < 4.78 is 5.63. The molecule has 6 heteroatoms. The highest BCUT2D eigenvalue weighted by Gasteiger charge is 2.18. The van der Waals surface area contributed by atoms with Gasteiger partial charge in [-0.25, -0.2) is 0 Å². The fourth-order valence-corrected chi connectivity index (χ4v) is 2.05. The van der Waals surface area contributed by atoms with E-state index in [1.165, 1.54) is 0 Å². The van der Waals surface area contributed by atoms with Crippen molar-refractivity contribution in [1.82, 2.24) is 15.5 Å². The summed E-state index contributed by atoms with van der Waals surface area (Å²) in [6.45, 7) is 5.56. The van der Waals surface area contributed by atoms with Crippen LogP contribution in [0.1, 0.15) is 31.3 Å². The topological polar surface area (TPSA) is 54.2 Å². The Hall–Kier alpha value is -1.59. The number of nitrogens with one attached hydrogen (secondary N) is 1. The molecule has 1 atom stereocenters. The Bertz CT molecular complexity index is 558. The minimum absolute atomic E-state index is 0.0983. The molecule has 0 aliphatic heterocycles. The van der Waals surface area contributed by atoms with Crippen LogP contribution < -0.4 is 10.2 Å². The molecule has 2 aromatic rings. The van der Waals surface area contributed by atoms with Crippen LogP contribution in [0.15, 0.2) is 28.7 Å². The predicted octanol–water partition coefficient (Wildman–Crippen LogP) is 3.03. The van der Waals surface area contributed by atoms with Crippen molar-refractivity contribution < 1.29 is 4.42 Å². The number of halogens is 1. The molecule has 0 amide bonds. The maximum atomic E-state index is 6.02. The van der Waals surface area contributed by atoms with Crippen LogP contribution in [0.2, 0.25) is 5.02 Å². The second kappa shape index (κ2) is 6.72. The van der Waals surface area contributed by atoms with Crippen LogP contribution in [0.5, 0.6) is 0 Å². The van der Waals surface area contributed by atoms with E-state index in [-0.39, 0.29) is 6.04 Å². The minimum Gasteiger partial charge on any atom is -0.407 e. The van der Waals surface area contributed by atoms with Crippen LogP contribution in [0, 0.1) is 0 Å². The molecule has 108 valence electrons. The molecule has 0 fully saturated rings. The Morgan fingerprint density at radius 3 is 2.90 bits per heavy atom. The lowest BCUT2D eigenvalue weighted by molar-refractivity contribution is 0.461. The van der Waals surface area contributed by atoms with E-state index in [2.05, 4.69) is 22.4 Å². The SMILES string of the molecule is CCNCc1nnc(N(C)C(C)c2cccc(Cl)c2)o1. The molecule has 1 aromatic heterocycles. The average Bonchev–Trinajstić information content (AvgIpc) is 2.92. The normalized spacial score (nSPS) is 12.4.